The van der Waals surface area contributed by atoms with Crippen molar-refractivity contribution in [2.24, 2.45) is 11.8 Å². The number of hydrogen-bond acceptors (Lipinski definition) is 6. The van der Waals surface area contributed by atoms with Crippen LogP contribution in [0.3, 0.4) is 0 Å². The van der Waals surface area contributed by atoms with E-state index >= 15 is 0 Å². The Balaban J connectivity index is 1.36. The average Bonchev–Trinajstić information content (AvgIpc) is 3.13. The van der Waals surface area contributed by atoms with Crippen molar-refractivity contribution in [2.45, 2.75) is 44.8 Å². The maximum atomic E-state index is 12.8. The lowest BCUT2D eigenvalue weighted by atomic mass is 9.72. The fourth-order valence-electron chi connectivity index (χ4n) is 3.95. The van der Waals surface area contributed by atoms with Gasteiger partial charge in [-0.15, -0.1) is 10.2 Å². The molecule has 1 saturated heterocycles. The van der Waals surface area contributed by atoms with Gasteiger partial charge in [-0.25, -0.2) is 0 Å². The fourth-order valence-corrected chi connectivity index (χ4v) is 4.60. The van der Waals surface area contributed by atoms with Gasteiger partial charge in [0.25, 0.3) is 0 Å². The number of ether oxygens (including phenoxy) is 1. The molecule has 0 bridgehead atoms. The molecule has 8 heteroatoms. The molecule has 2 heterocycles. The summed E-state index contributed by atoms with van der Waals surface area (Å²) in [6, 6.07) is 9.60. The van der Waals surface area contributed by atoms with E-state index in [0.29, 0.717) is 16.7 Å². The van der Waals surface area contributed by atoms with E-state index in [9.17, 15) is 9.59 Å². The average molecular weight is 386 g/mol. The summed E-state index contributed by atoms with van der Waals surface area (Å²) in [4.78, 5) is 24.7. The van der Waals surface area contributed by atoms with Crippen LogP contribution in [0.2, 0.25) is 0 Å². The van der Waals surface area contributed by atoms with Crippen molar-refractivity contribution in [3.63, 3.8) is 0 Å². The summed E-state index contributed by atoms with van der Waals surface area (Å²) in [5.74, 6) is 0.512. The number of anilines is 1. The first kappa shape index (κ1) is 17.9. The summed E-state index contributed by atoms with van der Waals surface area (Å²) < 4.78 is 5.65. The van der Waals surface area contributed by atoms with E-state index in [2.05, 4.69) is 20.8 Å². The molecule has 2 amide bonds. The molecular weight excluding hydrogens is 364 g/mol. The quantitative estimate of drug-likeness (QED) is 0.824. The lowest BCUT2D eigenvalue weighted by Crippen LogP contribution is -2.53. The number of para-hydroxylation sites is 1. The molecule has 1 aliphatic carbocycles. The molecule has 4 rings (SSSR count). The number of carbonyl (C=O) groups excluding carboxylic acids is 2. The van der Waals surface area contributed by atoms with Gasteiger partial charge in [0.15, 0.2) is 5.01 Å². The van der Waals surface area contributed by atoms with E-state index in [0.717, 1.165) is 31.4 Å². The summed E-state index contributed by atoms with van der Waals surface area (Å²) in [5.41, 5.74) is 0. The van der Waals surface area contributed by atoms with Crippen LogP contribution in [0.1, 0.15) is 37.1 Å². The van der Waals surface area contributed by atoms with Crippen LogP contribution in [0.4, 0.5) is 5.13 Å². The molecule has 1 aromatic carbocycles. The predicted octanol–water partition coefficient (Wildman–Crippen LogP) is 2.75. The van der Waals surface area contributed by atoms with Gasteiger partial charge < -0.3 is 15.4 Å². The molecule has 2 fully saturated rings. The second-order valence-electron chi connectivity index (χ2n) is 7.02. The molecule has 3 unspecified atom stereocenters. The van der Waals surface area contributed by atoms with Crippen LogP contribution < -0.4 is 15.4 Å². The number of hydrogen-bond donors (Lipinski definition) is 2. The molecule has 2 aromatic rings. The largest absolute Gasteiger partial charge is 0.486 e. The second-order valence-corrected chi connectivity index (χ2v) is 8.09. The van der Waals surface area contributed by atoms with Gasteiger partial charge in [-0.3, -0.25) is 9.59 Å². The van der Waals surface area contributed by atoms with Gasteiger partial charge in [-0.1, -0.05) is 42.4 Å². The number of carbonyl (C=O) groups is 2. The smallest absolute Gasteiger partial charge is 0.230 e. The van der Waals surface area contributed by atoms with Crippen LogP contribution in [0.5, 0.6) is 5.75 Å². The zero-order chi connectivity index (χ0) is 18.6. The van der Waals surface area contributed by atoms with E-state index in [1.165, 1.54) is 11.3 Å². The predicted molar refractivity (Wildman–Crippen MR) is 101 cm³/mol. The van der Waals surface area contributed by atoms with Gasteiger partial charge in [-0.05, 0) is 30.9 Å². The second kappa shape index (κ2) is 8.04. The minimum Gasteiger partial charge on any atom is -0.486 e. The van der Waals surface area contributed by atoms with E-state index in [1.54, 1.807) is 0 Å². The molecule has 1 aliphatic heterocycles. The Bertz CT molecular complexity index is 810. The molecule has 0 spiro atoms. The maximum absolute atomic E-state index is 12.8. The van der Waals surface area contributed by atoms with Gasteiger partial charge >= 0.3 is 0 Å². The standard InChI is InChI=1S/C19H22N4O3S/c24-16-10-14(13-8-4-5-9-15(13)20-16)18(25)21-19-23-22-17(27-19)11-26-12-6-2-1-3-7-12/h1-3,6-7,13-15H,4-5,8-11H2,(H,20,24)(H,21,23,25). The van der Waals surface area contributed by atoms with Crippen molar-refractivity contribution in [3.05, 3.63) is 35.3 Å². The van der Waals surface area contributed by atoms with Crippen molar-refractivity contribution < 1.29 is 14.3 Å². The Kier molecular flexibility index (Phi) is 5.33. The number of nitrogens with one attached hydrogen (secondary N) is 2. The van der Waals surface area contributed by atoms with Crippen molar-refractivity contribution in [1.29, 1.82) is 0 Å². The maximum Gasteiger partial charge on any atom is 0.230 e. The number of benzene rings is 1. The first-order valence-electron chi connectivity index (χ1n) is 9.29. The normalized spacial score (nSPS) is 24.6. The number of nitrogens with zero attached hydrogens (tertiary/aromatic N) is 2. The van der Waals surface area contributed by atoms with Gasteiger partial charge in [0.05, 0.1) is 5.92 Å². The minimum absolute atomic E-state index is 0.0347. The van der Waals surface area contributed by atoms with E-state index in [4.69, 9.17) is 4.74 Å². The van der Waals surface area contributed by atoms with Crippen molar-refractivity contribution >= 4 is 28.3 Å². The van der Waals surface area contributed by atoms with Crippen molar-refractivity contribution in [2.75, 3.05) is 5.32 Å². The van der Waals surface area contributed by atoms with Crippen molar-refractivity contribution in [3.8, 4) is 5.75 Å². The molecule has 1 saturated carbocycles. The first-order valence-corrected chi connectivity index (χ1v) is 10.1. The highest BCUT2D eigenvalue weighted by atomic mass is 32.1. The van der Waals surface area contributed by atoms with E-state index in [1.807, 2.05) is 30.3 Å². The summed E-state index contributed by atoms with van der Waals surface area (Å²) >= 11 is 1.29. The molecule has 7 nitrogen and oxygen atoms in total. The zero-order valence-electron chi connectivity index (χ0n) is 14.9. The Morgan fingerprint density at radius 1 is 1.22 bits per heavy atom. The Morgan fingerprint density at radius 2 is 2.04 bits per heavy atom. The number of rotatable bonds is 5. The zero-order valence-corrected chi connectivity index (χ0v) is 15.7. The fraction of sp³-hybridized carbons (Fsp3) is 0.474. The molecule has 0 radical (unpaired) electrons. The SMILES string of the molecule is O=C1CC(C(=O)Nc2nnc(COc3ccccc3)s2)C2CCCCC2N1. The highest BCUT2D eigenvalue weighted by Gasteiger charge is 2.41. The highest BCUT2D eigenvalue weighted by Crippen LogP contribution is 2.36. The lowest BCUT2D eigenvalue weighted by molar-refractivity contribution is -0.134. The summed E-state index contributed by atoms with van der Waals surface area (Å²) in [5, 5.41) is 15.1. The third kappa shape index (κ3) is 4.27. The van der Waals surface area contributed by atoms with E-state index < -0.39 is 0 Å². The Hall–Kier alpha value is -2.48. The topological polar surface area (TPSA) is 93.2 Å². The first-order chi connectivity index (χ1) is 13.2. The highest BCUT2D eigenvalue weighted by molar-refractivity contribution is 7.15. The third-order valence-corrected chi connectivity index (χ3v) is 6.04. The van der Waals surface area contributed by atoms with Crippen molar-refractivity contribution in [1.82, 2.24) is 15.5 Å². The van der Waals surface area contributed by atoms with Crippen LogP contribution >= 0.6 is 11.3 Å². The van der Waals surface area contributed by atoms with Gasteiger partial charge in [-0.2, -0.15) is 0 Å². The molecule has 142 valence electrons. The van der Waals surface area contributed by atoms with Crippen LogP contribution in [-0.2, 0) is 16.2 Å². The Morgan fingerprint density at radius 3 is 2.89 bits per heavy atom. The summed E-state index contributed by atoms with van der Waals surface area (Å²) in [6.07, 6.45) is 4.41. The van der Waals surface area contributed by atoms with Crippen LogP contribution in [-0.4, -0.2) is 28.1 Å². The van der Waals surface area contributed by atoms with E-state index in [-0.39, 0.29) is 36.1 Å². The minimum atomic E-state index is -0.294. The number of fused-ring (bicyclic) bond motifs is 1. The number of aromatic nitrogens is 2. The molecule has 2 N–H and O–H groups in total. The number of piperidine rings is 1. The molecule has 27 heavy (non-hydrogen) atoms. The third-order valence-electron chi connectivity index (χ3n) is 5.23. The molecule has 1 aromatic heterocycles. The summed E-state index contributed by atoms with van der Waals surface area (Å²) in [7, 11) is 0. The monoisotopic (exact) mass is 386 g/mol. The lowest BCUT2D eigenvalue weighted by Gasteiger charge is -2.40. The van der Waals surface area contributed by atoms with Crippen LogP contribution in [0.15, 0.2) is 30.3 Å². The Labute approximate surface area is 161 Å². The molecule has 3 atom stereocenters. The molecule has 2 aliphatic rings. The summed E-state index contributed by atoms with van der Waals surface area (Å²) in [6.45, 7) is 0.300. The van der Waals surface area contributed by atoms with Crippen LogP contribution in [0, 0.1) is 11.8 Å². The number of amides is 2. The van der Waals surface area contributed by atoms with Gasteiger partial charge in [0, 0.05) is 12.5 Å². The van der Waals surface area contributed by atoms with Gasteiger partial charge in [0.2, 0.25) is 16.9 Å². The molecular formula is C19H22N4O3S. The van der Waals surface area contributed by atoms with Gasteiger partial charge in [0.1, 0.15) is 12.4 Å². The van der Waals surface area contributed by atoms with Crippen LogP contribution in [0.25, 0.3) is 0 Å².